The standard InChI is InChI=1S/C4H10N.CH4.CH3.4V/c1-3-4-5-2;;;;;;/h5H,1,3-4H2,2H3;1H4;1H3;;;;/q-1;;-1;;;;+2. The first-order valence-electron chi connectivity index (χ1n) is 1.85. The maximum absolute atomic E-state index is 3.61. The van der Waals surface area contributed by atoms with E-state index in [1.165, 1.54) is 0 Å². The van der Waals surface area contributed by atoms with Crippen molar-refractivity contribution >= 4 is 0 Å². The van der Waals surface area contributed by atoms with E-state index in [1.807, 2.05) is 7.05 Å². The summed E-state index contributed by atoms with van der Waals surface area (Å²) in [6, 6.07) is 0. The monoisotopic (exact) mass is 307 g/mol. The van der Waals surface area contributed by atoms with Crippen LogP contribution in [-0.2, 0) is 74.2 Å². The maximum atomic E-state index is 3.61. The molecule has 1 nitrogen and oxygen atoms in total. The van der Waals surface area contributed by atoms with Crippen LogP contribution in [0, 0.1) is 14.4 Å². The van der Waals surface area contributed by atoms with Crippen molar-refractivity contribution in [1.82, 2.24) is 5.32 Å². The third-order valence-electron chi connectivity index (χ3n) is 0.427. The van der Waals surface area contributed by atoms with Gasteiger partial charge in [-0.2, -0.15) is 6.42 Å². The van der Waals surface area contributed by atoms with E-state index in [9.17, 15) is 0 Å². The summed E-state index contributed by atoms with van der Waals surface area (Å²) in [5, 5.41) is 2.95. The fourth-order valence-electron chi connectivity index (χ4n) is 0.177. The van der Waals surface area contributed by atoms with Gasteiger partial charge in [-0.3, -0.25) is 0 Å². The van der Waals surface area contributed by atoms with Crippen molar-refractivity contribution in [3.8, 4) is 0 Å². The molecule has 0 rings (SSSR count). The summed E-state index contributed by atoms with van der Waals surface area (Å²) in [5.74, 6) is 0. The largest absolute Gasteiger partial charge is 2.00 e. The van der Waals surface area contributed by atoms with Crippen molar-refractivity contribution in [2.45, 2.75) is 13.8 Å². The van der Waals surface area contributed by atoms with Crippen molar-refractivity contribution in [2.24, 2.45) is 0 Å². The number of rotatable bonds is 2. The molecule has 0 unspecified atom stereocenters. The van der Waals surface area contributed by atoms with E-state index in [0.29, 0.717) is 0 Å². The van der Waals surface area contributed by atoms with Crippen LogP contribution in [0.2, 0.25) is 0 Å². The summed E-state index contributed by atoms with van der Waals surface area (Å²) >= 11 is 0. The van der Waals surface area contributed by atoms with Crippen LogP contribution in [0.1, 0.15) is 13.8 Å². The maximum Gasteiger partial charge on any atom is 2.00 e. The van der Waals surface area contributed by atoms with Crippen molar-refractivity contribution in [2.75, 3.05) is 13.6 Å². The molecular formula is C6H17NV4. The molecule has 0 aromatic carbocycles. The Morgan fingerprint density at radius 3 is 1.45 bits per heavy atom. The first-order valence-corrected chi connectivity index (χ1v) is 1.85. The van der Waals surface area contributed by atoms with Gasteiger partial charge in [0.15, 0.2) is 0 Å². The van der Waals surface area contributed by atoms with Crippen LogP contribution in [0.3, 0.4) is 0 Å². The van der Waals surface area contributed by atoms with E-state index in [-0.39, 0.29) is 89.1 Å². The summed E-state index contributed by atoms with van der Waals surface area (Å²) in [6.45, 7) is 4.64. The Hall–Kier alpha value is 2.30. The second kappa shape index (κ2) is 55.9. The van der Waals surface area contributed by atoms with Crippen LogP contribution in [0.5, 0.6) is 0 Å². The van der Waals surface area contributed by atoms with Gasteiger partial charge in [0.1, 0.15) is 0 Å². The summed E-state index contributed by atoms with van der Waals surface area (Å²) in [7, 11) is 1.92. The van der Waals surface area contributed by atoms with Gasteiger partial charge >= 0.3 is 18.6 Å². The molecule has 0 spiro atoms. The smallest absolute Gasteiger partial charge is 0.358 e. The topological polar surface area (TPSA) is 12.0 Å². The number of hydrogen-bond donors (Lipinski definition) is 1. The number of nitrogens with one attached hydrogen (secondary N) is 1. The predicted octanol–water partition coefficient (Wildman–Crippen LogP) is 1.51. The Morgan fingerprint density at radius 2 is 1.45 bits per heavy atom. The van der Waals surface area contributed by atoms with Gasteiger partial charge < -0.3 is 19.7 Å². The molecule has 4 radical (unpaired) electrons. The Kier molecular flexibility index (Phi) is 258. The molecule has 0 aliphatic carbocycles. The molecule has 0 aromatic heterocycles. The third kappa shape index (κ3) is 70.6. The molecule has 0 bridgehead atoms. The SMILES string of the molecule is C.[CH2-]CCNC.[CH3-].[V+2].[V].[V].[V]. The molecule has 0 aliphatic rings. The molecular weight excluding hydrogens is 290 g/mol. The average molecular weight is 307 g/mol. The van der Waals surface area contributed by atoms with Gasteiger partial charge in [0.2, 0.25) is 0 Å². The van der Waals surface area contributed by atoms with Crippen LogP contribution in [0.4, 0.5) is 0 Å². The van der Waals surface area contributed by atoms with E-state index < -0.39 is 0 Å². The van der Waals surface area contributed by atoms with E-state index >= 15 is 0 Å². The molecule has 0 saturated heterocycles. The Morgan fingerprint density at radius 1 is 1.18 bits per heavy atom. The Labute approximate surface area is 120 Å². The first kappa shape index (κ1) is 50.7. The van der Waals surface area contributed by atoms with E-state index in [0.717, 1.165) is 13.0 Å². The average Bonchev–Trinajstić information content (AvgIpc) is 1.41. The van der Waals surface area contributed by atoms with Crippen molar-refractivity contribution < 1.29 is 74.2 Å². The Bertz CT molecular complexity index is 22.1. The molecule has 0 aliphatic heterocycles. The molecule has 0 heterocycles. The van der Waals surface area contributed by atoms with Crippen molar-refractivity contribution in [3.05, 3.63) is 14.4 Å². The van der Waals surface area contributed by atoms with Crippen LogP contribution in [0.25, 0.3) is 0 Å². The summed E-state index contributed by atoms with van der Waals surface area (Å²) in [5.41, 5.74) is 0. The Balaban J connectivity index is -0.00000000533. The molecule has 0 amide bonds. The van der Waals surface area contributed by atoms with Crippen LogP contribution in [-0.4, -0.2) is 13.6 Å². The molecule has 0 aromatic rings. The third-order valence-corrected chi connectivity index (χ3v) is 0.427. The minimum atomic E-state index is 0. The minimum Gasteiger partial charge on any atom is -0.358 e. The van der Waals surface area contributed by atoms with E-state index in [1.54, 1.807) is 0 Å². The van der Waals surface area contributed by atoms with Gasteiger partial charge in [-0.05, 0) is 13.6 Å². The zero-order valence-electron chi connectivity index (χ0n) is 6.41. The molecule has 5 heteroatoms. The van der Waals surface area contributed by atoms with Crippen molar-refractivity contribution in [3.63, 3.8) is 0 Å². The van der Waals surface area contributed by atoms with Gasteiger partial charge in [-0.1, -0.05) is 7.43 Å². The number of hydrogen-bond acceptors (Lipinski definition) is 1. The second-order valence-corrected chi connectivity index (χ2v) is 0.957. The van der Waals surface area contributed by atoms with Crippen LogP contribution < -0.4 is 5.32 Å². The van der Waals surface area contributed by atoms with E-state index in [4.69, 9.17) is 0 Å². The minimum absolute atomic E-state index is 0. The molecule has 66 valence electrons. The normalized spacial score (nSPS) is 3.82. The fraction of sp³-hybridized carbons (Fsp3) is 0.667. The van der Waals surface area contributed by atoms with Crippen LogP contribution in [0.15, 0.2) is 0 Å². The van der Waals surface area contributed by atoms with Crippen LogP contribution >= 0.6 is 0 Å². The van der Waals surface area contributed by atoms with Gasteiger partial charge in [0.05, 0.1) is 0 Å². The zero-order valence-corrected chi connectivity index (χ0v) is 12.0. The predicted molar refractivity (Wildman–Crippen MR) is 37.0 cm³/mol. The molecule has 0 fully saturated rings. The molecule has 0 atom stereocenters. The summed E-state index contributed by atoms with van der Waals surface area (Å²) in [4.78, 5) is 0. The van der Waals surface area contributed by atoms with E-state index in [2.05, 4.69) is 12.2 Å². The van der Waals surface area contributed by atoms with Gasteiger partial charge in [0, 0.05) is 55.7 Å². The summed E-state index contributed by atoms with van der Waals surface area (Å²) < 4.78 is 0. The fourth-order valence-corrected chi connectivity index (χ4v) is 0.177. The van der Waals surface area contributed by atoms with Crippen molar-refractivity contribution in [1.29, 1.82) is 0 Å². The second-order valence-electron chi connectivity index (χ2n) is 0.957. The van der Waals surface area contributed by atoms with Gasteiger partial charge in [-0.25, -0.2) is 0 Å². The first-order chi connectivity index (χ1) is 2.41. The molecule has 0 saturated carbocycles. The zero-order chi connectivity index (χ0) is 4.12. The molecule has 1 N–H and O–H groups in total. The molecule has 11 heavy (non-hydrogen) atoms. The summed E-state index contributed by atoms with van der Waals surface area (Å²) in [6.07, 6.45) is 0.983. The van der Waals surface area contributed by atoms with Gasteiger partial charge in [0.25, 0.3) is 0 Å². The quantitative estimate of drug-likeness (QED) is 0.763. The van der Waals surface area contributed by atoms with Gasteiger partial charge in [-0.15, -0.1) is 0 Å².